The third kappa shape index (κ3) is 2.24. The molecule has 2 heterocycles. The highest BCUT2D eigenvalue weighted by Gasteiger charge is 2.16. The summed E-state index contributed by atoms with van der Waals surface area (Å²) < 4.78 is 10.1. The predicted molar refractivity (Wildman–Crippen MR) is 63.8 cm³/mol. The lowest BCUT2D eigenvalue weighted by Gasteiger charge is -1.95. The maximum Gasteiger partial charge on any atom is 0.352 e. The monoisotopic (exact) mass is 249 g/mol. The van der Waals surface area contributed by atoms with Gasteiger partial charge in [0.15, 0.2) is 0 Å². The van der Waals surface area contributed by atoms with Crippen LogP contribution in [-0.2, 0) is 11.2 Å². The number of fused-ring (bicyclic) bond motifs is 1. The van der Waals surface area contributed by atoms with Crippen molar-refractivity contribution in [3.05, 3.63) is 27.1 Å². The Labute approximate surface area is 102 Å². The second kappa shape index (κ2) is 4.71. The summed E-state index contributed by atoms with van der Waals surface area (Å²) in [5.41, 5.74) is -0.631. The van der Waals surface area contributed by atoms with E-state index < -0.39 is 11.6 Å². The Kier molecular flexibility index (Phi) is 3.28. The zero-order valence-corrected chi connectivity index (χ0v) is 9.87. The Morgan fingerprint density at radius 1 is 1.65 bits per heavy atom. The van der Waals surface area contributed by atoms with Crippen LogP contribution in [0.25, 0.3) is 10.4 Å². The van der Waals surface area contributed by atoms with Crippen molar-refractivity contribution in [2.75, 3.05) is 7.11 Å². The first-order valence-electron chi connectivity index (χ1n) is 4.87. The van der Waals surface area contributed by atoms with Crippen LogP contribution in [0.2, 0.25) is 6.32 Å². The van der Waals surface area contributed by atoms with E-state index in [0.717, 1.165) is 5.01 Å². The van der Waals surface area contributed by atoms with Crippen molar-refractivity contribution in [2.45, 2.75) is 12.7 Å². The van der Waals surface area contributed by atoms with Gasteiger partial charge >= 0.3 is 11.6 Å². The third-order valence-electron chi connectivity index (χ3n) is 2.11. The number of aromatic nitrogens is 1. The minimum Gasteiger partial charge on any atom is -0.465 e. The van der Waals surface area contributed by atoms with Gasteiger partial charge in [0.2, 0.25) is 5.71 Å². The molecule has 0 aliphatic carbocycles. The number of thiazole rings is 1. The van der Waals surface area contributed by atoms with Gasteiger partial charge in [-0.2, -0.15) is 0 Å². The number of rotatable bonds is 3. The van der Waals surface area contributed by atoms with Gasteiger partial charge in [0.25, 0.3) is 0 Å². The molecule has 2 radical (unpaired) electrons. The summed E-state index contributed by atoms with van der Waals surface area (Å²) in [7, 11) is 6.62. The Balaban J connectivity index is 2.55. The maximum atomic E-state index is 11.5. The molecule has 0 aromatic carbocycles. The Morgan fingerprint density at radius 2 is 2.41 bits per heavy atom. The van der Waals surface area contributed by atoms with Gasteiger partial charge < -0.3 is 9.15 Å². The number of aryl methyl sites for hydroxylation is 1. The standard InChI is InChI=1S/C10H8BNO4S/c1-15-9(13)5-4-6-8(16-10(5)14)12-7(17-6)2-3-11/h4H,2-3H2,1H3. The van der Waals surface area contributed by atoms with Crippen LogP contribution >= 0.6 is 11.3 Å². The van der Waals surface area contributed by atoms with Gasteiger partial charge in [0.1, 0.15) is 5.56 Å². The average molecular weight is 249 g/mol. The van der Waals surface area contributed by atoms with Crippen LogP contribution in [0.4, 0.5) is 0 Å². The molecule has 0 fully saturated rings. The minimum absolute atomic E-state index is 0.122. The molecule has 0 amide bonds. The molecule has 2 aromatic rings. The molecule has 0 atom stereocenters. The van der Waals surface area contributed by atoms with Crippen LogP contribution in [0.3, 0.4) is 0 Å². The SMILES string of the molecule is [B]CCc1nc2oc(=O)c(C(=O)OC)cc2s1. The number of hydrogen-bond donors (Lipinski definition) is 0. The molecule has 0 spiro atoms. The van der Waals surface area contributed by atoms with Gasteiger partial charge in [-0.05, 0) is 12.5 Å². The van der Waals surface area contributed by atoms with Crippen molar-refractivity contribution in [3.8, 4) is 0 Å². The molecule has 0 N–H and O–H groups in total. The number of ether oxygens (including phenoxy) is 1. The molecule has 0 unspecified atom stereocenters. The Morgan fingerprint density at radius 3 is 3.06 bits per heavy atom. The van der Waals surface area contributed by atoms with Crippen molar-refractivity contribution in [1.29, 1.82) is 0 Å². The van der Waals surface area contributed by atoms with Crippen LogP contribution in [0.15, 0.2) is 15.3 Å². The summed E-state index contributed by atoms with van der Waals surface area (Å²) in [6.45, 7) is 0. The molecule has 0 saturated heterocycles. The molecule has 2 aromatic heterocycles. The van der Waals surface area contributed by atoms with Crippen molar-refractivity contribution < 1.29 is 13.9 Å². The molecule has 0 aliphatic rings. The smallest absolute Gasteiger partial charge is 0.352 e. The van der Waals surface area contributed by atoms with Crippen molar-refractivity contribution in [2.24, 2.45) is 0 Å². The highest BCUT2D eigenvalue weighted by molar-refractivity contribution is 7.18. The second-order valence-electron chi connectivity index (χ2n) is 3.25. The fraction of sp³-hybridized carbons (Fsp3) is 0.300. The number of carbonyl (C=O) groups is 1. The average Bonchev–Trinajstić information content (AvgIpc) is 2.69. The normalized spacial score (nSPS) is 10.6. The first-order valence-corrected chi connectivity index (χ1v) is 5.69. The first kappa shape index (κ1) is 11.8. The lowest BCUT2D eigenvalue weighted by molar-refractivity contribution is 0.0596. The van der Waals surface area contributed by atoms with Crippen LogP contribution in [-0.4, -0.2) is 25.9 Å². The highest BCUT2D eigenvalue weighted by atomic mass is 32.1. The van der Waals surface area contributed by atoms with Gasteiger partial charge in [-0.3, -0.25) is 0 Å². The summed E-state index contributed by atoms with van der Waals surface area (Å²) >= 11 is 1.34. The van der Waals surface area contributed by atoms with E-state index in [0.29, 0.717) is 17.4 Å². The van der Waals surface area contributed by atoms with Crippen LogP contribution in [0.5, 0.6) is 0 Å². The van der Waals surface area contributed by atoms with Crippen molar-refractivity contribution in [3.63, 3.8) is 0 Å². The number of carbonyl (C=O) groups excluding carboxylic acids is 1. The molecule has 5 nitrogen and oxygen atoms in total. The predicted octanol–water partition coefficient (Wildman–Crippen LogP) is 1.17. The zero-order valence-electron chi connectivity index (χ0n) is 9.06. The maximum absolute atomic E-state index is 11.5. The summed E-state index contributed by atoms with van der Waals surface area (Å²) in [5, 5.41) is 0.771. The summed E-state index contributed by atoms with van der Waals surface area (Å²) in [5.74, 6) is -0.713. The summed E-state index contributed by atoms with van der Waals surface area (Å²) in [6.07, 6.45) is 1.07. The fourth-order valence-electron chi connectivity index (χ4n) is 1.34. The van der Waals surface area contributed by atoms with E-state index in [1.807, 2.05) is 0 Å². The Bertz CT molecular complexity index is 618. The van der Waals surface area contributed by atoms with E-state index in [1.54, 1.807) is 0 Å². The largest absolute Gasteiger partial charge is 0.465 e. The molecule has 0 bridgehead atoms. The molecular weight excluding hydrogens is 241 g/mol. The van der Waals surface area contributed by atoms with Gasteiger partial charge in [0, 0.05) is 0 Å². The van der Waals surface area contributed by atoms with Gasteiger partial charge in [-0.25, -0.2) is 14.6 Å². The van der Waals surface area contributed by atoms with E-state index in [9.17, 15) is 9.59 Å². The number of hydrogen-bond acceptors (Lipinski definition) is 6. The fourth-order valence-corrected chi connectivity index (χ4v) is 2.30. The molecule has 17 heavy (non-hydrogen) atoms. The van der Waals surface area contributed by atoms with Gasteiger partial charge in [0.05, 0.1) is 24.7 Å². The molecule has 86 valence electrons. The Hall–Kier alpha value is -1.63. The quantitative estimate of drug-likeness (QED) is 0.603. The zero-order chi connectivity index (χ0) is 12.4. The number of methoxy groups -OCH3 is 1. The minimum atomic E-state index is -0.742. The number of nitrogens with zero attached hydrogens (tertiary/aromatic N) is 1. The molecule has 0 aliphatic heterocycles. The van der Waals surface area contributed by atoms with Gasteiger partial charge in [-0.1, -0.05) is 6.32 Å². The van der Waals surface area contributed by atoms with Crippen molar-refractivity contribution in [1.82, 2.24) is 4.98 Å². The van der Waals surface area contributed by atoms with Crippen LogP contribution in [0.1, 0.15) is 15.4 Å². The topological polar surface area (TPSA) is 69.4 Å². The van der Waals surface area contributed by atoms with Crippen LogP contribution in [0, 0.1) is 0 Å². The summed E-state index contributed by atoms with van der Waals surface area (Å²) in [4.78, 5) is 26.9. The summed E-state index contributed by atoms with van der Waals surface area (Å²) in [6, 6.07) is 1.44. The second-order valence-corrected chi connectivity index (χ2v) is 4.37. The highest BCUT2D eigenvalue weighted by Crippen LogP contribution is 2.22. The molecular formula is C10H8BNO4S. The molecule has 2 rings (SSSR count). The van der Waals surface area contributed by atoms with E-state index in [1.165, 1.54) is 24.5 Å². The first-order chi connectivity index (χ1) is 8.15. The third-order valence-corrected chi connectivity index (χ3v) is 3.16. The van der Waals surface area contributed by atoms with E-state index in [4.69, 9.17) is 12.3 Å². The van der Waals surface area contributed by atoms with Gasteiger partial charge in [-0.15, -0.1) is 11.3 Å². The molecule has 7 heteroatoms. The van der Waals surface area contributed by atoms with E-state index >= 15 is 0 Å². The number of esters is 1. The lowest BCUT2D eigenvalue weighted by atomic mass is 10.0. The van der Waals surface area contributed by atoms with Crippen LogP contribution < -0.4 is 5.63 Å². The lowest BCUT2D eigenvalue weighted by Crippen LogP contribution is -2.14. The van der Waals surface area contributed by atoms with Crippen molar-refractivity contribution >= 4 is 35.6 Å². The van der Waals surface area contributed by atoms with E-state index in [2.05, 4.69) is 9.72 Å². The van der Waals surface area contributed by atoms with E-state index in [-0.39, 0.29) is 11.3 Å². The molecule has 0 saturated carbocycles.